The van der Waals surface area contributed by atoms with Crippen molar-refractivity contribution < 1.29 is 19.1 Å². The van der Waals surface area contributed by atoms with Gasteiger partial charge in [0.25, 0.3) is 5.91 Å². The van der Waals surface area contributed by atoms with Gasteiger partial charge >= 0.3 is 0 Å². The smallest absolute Gasteiger partial charge is 0.259 e. The van der Waals surface area contributed by atoms with Crippen molar-refractivity contribution >= 4 is 39.1 Å². The highest BCUT2D eigenvalue weighted by atomic mass is 79.9. The molecule has 0 aromatic heterocycles. The summed E-state index contributed by atoms with van der Waals surface area (Å²) >= 11 is 3.50. The quantitative estimate of drug-likeness (QED) is 0.496. The summed E-state index contributed by atoms with van der Waals surface area (Å²) in [5, 5.41) is 5.53. The molecule has 0 spiro atoms. The molecule has 3 rings (SSSR count). The van der Waals surface area contributed by atoms with Gasteiger partial charge in [0.05, 0.1) is 18.4 Å². The Kier molecular flexibility index (Phi) is 7.08. The van der Waals surface area contributed by atoms with E-state index >= 15 is 0 Å². The second-order valence-corrected chi connectivity index (χ2v) is 7.28. The lowest BCUT2D eigenvalue weighted by atomic mass is 10.1. The van der Waals surface area contributed by atoms with E-state index in [1.165, 1.54) is 14.0 Å². The van der Waals surface area contributed by atoms with Crippen molar-refractivity contribution in [1.82, 2.24) is 0 Å². The van der Waals surface area contributed by atoms with Crippen LogP contribution in [0.3, 0.4) is 0 Å². The fourth-order valence-corrected chi connectivity index (χ4v) is 3.23. The number of hydrogen-bond donors (Lipinski definition) is 2. The van der Waals surface area contributed by atoms with Gasteiger partial charge in [-0.05, 0) is 36.4 Å². The van der Waals surface area contributed by atoms with E-state index < -0.39 is 0 Å². The molecule has 0 radical (unpaired) electrons. The number of methoxy groups -OCH3 is 1. The molecule has 6 nitrogen and oxygen atoms in total. The molecule has 0 bridgehead atoms. The van der Waals surface area contributed by atoms with Crippen LogP contribution in [0.1, 0.15) is 22.8 Å². The van der Waals surface area contributed by atoms with Crippen molar-refractivity contribution in [2.45, 2.75) is 13.5 Å². The van der Waals surface area contributed by atoms with Crippen LogP contribution >= 0.6 is 15.9 Å². The van der Waals surface area contributed by atoms with E-state index in [0.29, 0.717) is 35.0 Å². The Labute approximate surface area is 183 Å². The molecular weight excluding hydrogens is 448 g/mol. The predicted octanol–water partition coefficient (Wildman–Crippen LogP) is 5.25. The number of para-hydroxylation sites is 1. The number of benzene rings is 3. The van der Waals surface area contributed by atoms with Crippen LogP contribution in [0.15, 0.2) is 71.2 Å². The SMILES string of the molecule is COc1ccc(NC(C)=O)cc1NC(=O)c1ccccc1OCc1ccccc1Br. The zero-order valence-electron chi connectivity index (χ0n) is 16.6. The average molecular weight is 469 g/mol. The molecular formula is C23H21BrN2O4. The predicted molar refractivity (Wildman–Crippen MR) is 120 cm³/mol. The normalized spacial score (nSPS) is 10.2. The highest BCUT2D eigenvalue weighted by Crippen LogP contribution is 2.30. The van der Waals surface area contributed by atoms with Gasteiger partial charge in [-0.2, -0.15) is 0 Å². The van der Waals surface area contributed by atoms with Crippen LogP contribution in [0.5, 0.6) is 11.5 Å². The Morgan fingerprint density at radius 1 is 0.933 bits per heavy atom. The van der Waals surface area contributed by atoms with Gasteiger partial charge in [0.15, 0.2) is 0 Å². The van der Waals surface area contributed by atoms with Gasteiger partial charge in [0.2, 0.25) is 5.91 Å². The summed E-state index contributed by atoms with van der Waals surface area (Å²) in [6.07, 6.45) is 0. The first kappa shape index (κ1) is 21.4. The maximum Gasteiger partial charge on any atom is 0.259 e. The lowest BCUT2D eigenvalue weighted by Crippen LogP contribution is -2.15. The van der Waals surface area contributed by atoms with Gasteiger partial charge in [0.1, 0.15) is 18.1 Å². The second-order valence-electron chi connectivity index (χ2n) is 6.43. The molecule has 0 fully saturated rings. The van der Waals surface area contributed by atoms with Gasteiger partial charge in [0, 0.05) is 22.6 Å². The number of amides is 2. The largest absolute Gasteiger partial charge is 0.495 e. The first-order valence-electron chi connectivity index (χ1n) is 9.20. The highest BCUT2D eigenvalue weighted by molar-refractivity contribution is 9.10. The molecule has 0 saturated heterocycles. The summed E-state index contributed by atoms with van der Waals surface area (Å²) in [5.74, 6) is 0.381. The molecule has 0 aliphatic carbocycles. The Balaban J connectivity index is 1.81. The second kappa shape index (κ2) is 9.93. The van der Waals surface area contributed by atoms with Crippen LogP contribution in [0, 0.1) is 0 Å². The van der Waals surface area contributed by atoms with E-state index in [1.807, 2.05) is 30.3 Å². The summed E-state index contributed by atoms with van der Waals surface area (Å²) < 4.78 is 12.2. The van der Waals surface area contributed by atoms with Crippen molar-refractivity contribution in [1.29, 1.82) is 0 Å². The number of ether oxygens (including phenoxy) is 2. The minimum absolute atomic E-state index is 0.205. The molecule has 30 heavy (non-hydrogen) atoms. The first-order valence-corrected chi connectivity index (χ1v) is 9.99. The van der Waals surface area contributed by atoms with Crippen molar-refractivity contribution in [3.8, 4) is 11.5 Å². The van der Waals surface area contributed by atoms with Crippen LogP contribution in [-0.4, -0.2) is 18.9 Å². The van der Waals surface area contributed by atoms with Gasteiger partial charge < -0.3 is 20.1 Å². The minimum Gasteiger partial charge on any atom is -0.495 e. The van der Waals surface area contributed by atoms with Crippen molar-refractivity contribution in [2.24, 2.45) is 0 Å². The summed E-state index contributed by atoms with van der Waals surface area (Å²) in [6.45, 7) is 1.73. The molecule has 2 amide bonds. The fourth-order valence-electron chi connectivity index (χ4n) is 2.83. The summed E-state index contributed by atoms with van der Waals surface area (Å²) in [7, 11) is 1.51. The van der Waals surface area contributed by atoms with E-state index in [0.717, 1.165) is 10.0 Å². The molecule has 2 N–H and O–H groups in total. The van der Waals surface area contributed by atoms with Crippen LogP contribution in [-0.2, 0) is 11.4 Å². The third-order valence-electron chi connectivity index (χ3n) is 4.24. The molecule has 0 unspecified atom stereocenters. The standard InChI is InChI=1S/C23H21BrN2O4/c1-15(27)25-17-11-12-22(29-2)20(13-17)26-23(28)18-8-4-6-10-21(18)30-14-16-7-3-5-9-19(16)24/h3-13H,14H2,1-2H3,(H,25,27)(H,26,28). The van der Waals surface area contributed by atoms with E-state index in [-0.39, 0.29) is 11.8 Å². The molecule has 0 aliphatic heterocycles. The van der Waals surface area contributed by atoms with Crippen LogP contribution in [0.25, 0.3) is 0 Å². The number of hydrogen-bond acceptors (Lipinski definition) is 4. The molecule has 3 aromatic carbocycles. The summed E-state index contributed by atoms with van der Waals surface area (Å²) in [4.78, 5) is 24.3. The number of carbonyl (C=O) groups excluding carboxylic acids is 2. The summed E-state index contributed by atoms with van der Waals surface area (Å²) in [6, 6.07) is 19.8. The third-order valence-corrected chi connectivity index (χ3v) is 5.01. The fraction of sp³-hybridized carbons (Fsp3) is 0.130. The molecule has 154 valence electrons. The first-order chi connectivity index (χ1) is 14.5. The lowest BCUT2D eigenvalue weighted by molar-refractivity contribution is -0.114. The summed E-state index contributed by atoms with van der Waals surface area (Å²) in [5.41, 5.74) is 2.35. The topological polar surface area (TPSA) is 76.7 Å². The minimum atomic E-state index is -0.351. The average Bonchev–Trinajstić information content (AvgIpc) is 2.73. The van der Waals surface area contributed by atoms with Crippen LogP contribution in [0.4, 0.5) is 11.4 Å². The Hall–Kier alpha value is -3.32. The van der Waals surface area contributed by atoms with Crippen molar-refractivity contribution in [3.05, 3.63) is 82.3 Å². The Morgan fingerprint density at radius 2 is 1.67 bits per heavy atom. The van der Waals surface area contributed by atoms with E-state index in [1.54, 1.807) is 36.4 Å². The van der Waals surface area contributed by atoms with Gasteiger partial charge in [-0.25, -0.2) is 0 Å². The molecule has 0 atom stereocenters. The third kappa shape index (κ3) is 5.39. The van der Waals surface area contributed by atoms with E-state index in [4.69, 9.17) is 9.47 Å². The van der Waals surface area contributed by atoms with Gasteiger partial charge in [-0.15, -0.1) is 0 Å². The van der Waals surface area contributed by atoms with Crippen molar-refractivity contribution in [3.63, 3.8) is 0 Å². The number of carbonyl (C=O) groups is 2. The Morgan fingerprint density at radius 3 is 2.40 bits per heavy atom. The number of halogens is 1. The van der Waals surface area contributed by atoms with E-state index in [2.05, 4.69) is 26.6 Å². The van der Waals surface area contributed by atoms with Gasteiger partial charge in [-0.1, -0.05) is 46.3 Å². The molecule has 0 saturated carbocycles. The van der Waals surface area contributed by atoms with Crippen LogP contribution in [0.2, 0.25) is 0 Å². The lowest BCUT2D eigenvalue weighted by Gasteiger charge is -2.15. The highest BCUT2D eigenvalue weighted by Gasteiger charge is 2.15. The maximum atomic E-state index is 13.0. The maximum absolute atomic E-state index is 13.0. The molecule has 7 heteroatoms. The van der Waals surface area contributed by atoms with Gasteiger partial charge in [-0.3, -0.25) is 9.59 Å². The number of nitrogens with one attached hydrogen (secondary N) is 2. The van der Waals surface area contributed by atoms with Crippen molar-refractivity contribution in [2.75, 3.05) is 17.7 Å². The zero-order chi connectivity index (χ0) is 21.5. The van der Waals surface area contributed by atoms with Crippen LogP contribution < -0.4 is 20.1 Å². The number of anilines is 2. The Bertz CT molecular complexity index is 1070. The molecule has 0 aliphatic rings. The number of rotatable bonds is 7. The van der Waals surface area contributed by atoms with E-state index in [9.17, 15) is 9.59 Å². The molecule has 0 heterocycles. The monoisotopic (exact) mass is 468 g/mol. The molecule has 3 aromatic rings. The zero-order valence-corrected chi connectivity index (χ0v) is 18.2.